The quantitative estimate of drug-likeness (QED) is 0.547. The summed E-state index contributed by atoms with van der Waals surface area (Å²) in [6.45, 7) is 6.49. The monoisotopic (exact) mass is 416 g/mol. The maximum Gasteiger partial charge on any atom is 0.128 e. The lowest BCUT2D eigenvalue weighted by Gasteiger charge is -2.27. The zero-order valence-electron chi connectivity index (χ0n) is 18.3. The number of nitrogens with zero attached hydrogens (tertiary/aromatic N) is 3. The Kier molecular flexibility index (Phi) is 7.28. The maximum absolute atomic E-state index is 9.62. The van der Waals surface area contributed by atoms with Crippen molar-refractivity contribution in [1.82, 2.24) is 20.2 Å². The van der Waals surface area contributed by atoms with E-state index in [0.717, 1.165) is 68.1 Å². The van der Waals surface area contributed by atoms with Crippen LogP contribution in [0.3, 0.4) is 0 Å². The Morgan fingerprint density at radius 2 is 1.94 bits per heavy atom. The molecule has 2 heterocycles. The van der Waals surface area contributed by atoms with E-state index in [1.54, 1.807) is 6.07 Å². The van der Waals surface area contributed by atoms with E-state index in [9.17, 15) is 5.11 Å². The van der Waals surface area contributed by atoms with Crippen molar-refractivity contribution in [3.05, 3.63) is 77.7 Å². The second-order valence-corrected chi connectivity index (χ2v) is 8.29. The molecule has 0 aliphatic carbocycles. The highest BCUT2D eigenvalue weighted by atomic mass is 16.3. The second kappa shape index (κ2) is 10.5. The van der Waals surface area contributed by atoms with E-state index in [2.05, 4.69) is 46.4 Å². The molecule has 3 aromatic rings. The van der Waals surface area contributed by atoms with Gasteiger partial charge in [0.2, 0.25) is 0 Å². The van der Waals surface area contributed by atoms with Gasteiger partial charge in [-0.2, -0.15) is 0 Å². The third-order valence-electron chi connectivity index (χ3n) is 6.05. The summed E-state index contributed by atoms with van der Waals surface area (Å²) >= 11 is 0. The average molecular weight is 417 g/mol. The standard InChI is InChI=1S/C26H32N4O/c1-2-30(23-12-14-27-18-23)19-21-8-3-9-22(16-21)25-13-15-28-26(29-25)11-5-7-20-6-4-10-24(31)17-20/h3-4,6,8-10,13,15-17,23,27,31H,2,5,7,11-12,14,18-19H2,1H3. The highest BCUT2D eigenvalue weighted by molar-refractivity contribution is 5.59. The normalized spacial score (nSPS) is 16.1. The lowest BCUT2D eigenvalue weighted by Crippen LogP contribution is -2.36. The number of aromatic nitrogens is 2. The van der Waals surface area contributed by atoms with E-state index >= 15 is 0 Å². The molecule has 0 amide bonds. The van der Waals surface area contributed by atoms with Crippen molar-refractivity contribution in [2.75, 3.05) is 19.6 Å². The molecule has 0 saturated carbocycles. The van der Waals surface area contributed by atoms with Crippen LogP contribution in [-0.4, -0.2) is 45.7 Å². The van der Waals surface area contributed by atoms with Crippen LogP contribution in [0.5, 0.6) is 5.75 Å². The molecule has 1 aliphatic heterocycles. The molecule has 5 heteroatoms. The summed E-state index contributed by atoms with van der Waals surface area (Å²) in [6.07, 6.45) is 5.77. The minimum Gasteiger partial charge on any atom is -0.508 e. The van der Waals surface area contributed by atoms with Gasteiger partial charge in [-0.1, -0.05) is 37.3 Å². The van der Waals surface area contributed by atoms with Gasteiger partial charge >= 0.3 is 0 Å². The van der Waals surface area contributed by atoms with Gasteiger partial charge in [0.25, 0.3) is 0 Å². The van der Waals surface area contributed by atoms with Crippen LogP contribution in [0.15, 0.2) is 60.8 Å². The first-order chi connectivity index (χ1) is 15.2. The van der Waals surface area contributed by atoms with Gasteiger partial charge in [-0.05, 0) is 67.7 Å². The first-order valence-electron chi connectivity index (χ1n) is 11.3. The topological polar surface area (TPSA) is 61.3 Å². The van der Waals surface area contributed by atoms with E-state index in [-0.39, 0.29) is 0 Å². The SMILES string of the molecule is CCN(Cc1cccc(-c2ccnc(CCCc3cccc(O)c3)n2)c1)C1CCNC1. The van der Waals surface area contributed by atoms with Gasteiger partial charge < -0.3 is 10.4 Å². The van der Waals surface area contributed by atoms with Crippen molar-refractivity contribution >= 4 is 0 Å². The number of rotatable bonds is 9. The van der Waals surface area contributed by atoms with Crippen LogP contribution in [0.4, 0.5) is 0 Å². The number of nitrogens with one attached hydrogen (secondary N) is 1. The highest BCUT2D eigenvalue weighted by Gasteiger charge is 2.21. The van der Waals surface area contributed by atoms with Gasteiger partial charge in [0.15, 0.2) is 0 Å². The van der Waals surface area contributed by atoms with Crippen LogP contribution in [-0.2, 0) is 19.4 Å². The zero-order chi connectivity index (χ0) is 21.5. The van der Waals surface area contributed by atoms with E-state index < -0.39 is 0 Å². The van der Waals surface area contributed by atoms with E-state index in [4.69, 9.17) is 4.98 Å². The summed E-state index contributed by atoms with van der Waals surface area (Å²) in [5.74, 6) is 1.19. The Morgan fingerprint density at radius 3 is 2.74 bits per heavy atom. The largest absolute Gasteiger partial charge is 0.508 e. The van der Waals surface area contributed by atoms with Crippen LogP contribution in [0.1, 0.15) is 36.7 Å². The van der Waals surface area contributed by atoms with E-state index in [1.807, 2.05) is 30.5 Å². The molecule has 0 radical (unpaired) electrons. The smallest absolute Gasteiger partial charge is 0.128 e. The summed E-state index contributed by atoms with van der Waals surface area (Å²) in [5.41, 5.74) is 4.60. The first kappa shape index (κ1) is 21.5. The molecule has 5 nitrogen and oxygen atoms in total. The summed E-state index contributed by atoms with van der Waals surface area (Å²) in [5, 5.41) is 13.1. The number of phenols is 1. The van der Waals surface area contributed by atoms with Crippen molar-refractivity contribution in [2.24, 2.45) is 0 Å². The fourth-order valence-electron chi connectivity index (χ4n) is 4.36. The Labute approximate surface area is 185 Å². The minimum absolute atomic E-state index is 0.321. The highest BCUT2D eigenvalue weighted by Crippen LogP contribution is 2.21. The molecule has 2 aromatic carbocycles. The predicted molar refractivity (Wildman–Crippen MR) is 125 cm³/mol. The van der Waals surface area contributed by atoms with E-state index in [1.165, 1.54) is 12.0 Å². The molecule has 0 bridgehead atoms. The molecule has 1 atom stereocenters. The molecule has 0 spiro atoms. The molecule has 31 heavy (non-hydrogen) atoms. The lowest BCUT2D eigenvalue weighted by molar-refractivity contribution is 0.210. The minimum atomic E-state index is 0.321. The Hall–Kier alpha value is -2.76. The molecular weight excluding hydrogens is 384 g/mol. The van der Waals surface area contributed by atoms with Crippen LogP contribution in [0, 0.1) is 0 Å². The average Bonchev–Trinajstić information content (AvgIpc) is 3.33. The lowest BCUT2D eigenvalue weighted by atomic mass is 10.1. The number of benzene rings is 2. The van der Waals surface area contributed by atoms with Crippen LogP contribution in [0.2, 0.25) is 0 Å². The van der Waals surface area contributed by atoms with Gasteiger partial charge in [0.1, 0.15) is 11.6 Å². The first-order valence-corrected chi connectivity index (χ1v) is 11.3. The third-order valence-corrected chi connectivity index (χ3v) is 6.05. The van der Waals surface area contributed by atoms with Crippen LogP contribution in [0.25, 0.3) is 11.3 Å². The number of phenolic OH excluding ortho intramolecular Hbond substituents is 1. The number of hydrogen-bond donors (Lipinski definition) is 2. The Morgan fingerprint density at radius 1 is 1.06 bits per heavy atom. The summed E-state index contributed by atoms with van der Waals surface area (Å²) in [7, 11) is 0. The number of aryl methyl sites for hydroxylation is 2. The van der Waals surface area contributed by atoms with Gasteiger partial charge in [-0.15, -0.1) is 0 Å². The summed E-state index contributed by atoms with van der Waals surface area (Å²) in [4.78, 5) is 11.9. The van der Waals surface area contributed by atoms with Crippen molar-refractivity contribution in [2.45, 2.75) is 45.2 Å². The number of likely N-dealkylation sites (N-methyl/N-ethyl adjacent to an activating group) is 1. The summed E-state index contributed by atoms with van der Waals surface area (Å²) in [6, 6.07) is 18.8. The molecule has 1 aromatic heterocycles. The predicted octanol–water partition coefficient (Wildman–Crippen LogP) is 4.21. The van der Waals surface area contributed by atoms with E-state index in [0.29, 0.717) is 11.8 Å². The fraction of sp³-hybridized carbons (Fsp3) is 0.385. The zero-order valence-corrected chi connectivity index (χ0v) is 18.3. The fourth-order valence-corrected chi connectivity index (χ4v) is 4.36. The summed E-state index contributed by atoms with van der Waals surface area (Å²) < 4.78 is 0. The molecule has 1 saturated heterocycles. The van der Waals surface area contributed by atoms with Gasteiger partial charge in [-0.3, -0.25) is 4.90 Å². The maximum atomic E-state index is 9.62. The second-order valence-electron chi connectivity index (χ2n) is 8.29. The molecule has 4 rings (SSSR count). The number of aromatic hydroxyl groups is 1. The molecular formula is C26H32N4O. The van der Waals surface area contributed by atoms with Crippen molar-refractivity contribution in [1.29, 1.82) is 0 Å². The van der Waals surface area contributed by atoms with Crippen LogP contribution >= 0.6 is 0 Å². The Bertz CT molecular complexity index is 984. The molecule has 1 aliphatic rings. The van der Waals surface area contributed by atoms with Gasteiger partial charge in [-0.25, -0.2) is 9.97 Å². The molecule has 1 fully saturated rings. The van der Waals surface area contributed by atoms with Crippen molar-refractivity contribution in [3.63, 3.8) is 0 Å². The van der Waals surface area contributed by atoms with Crippen molar-refractivity contribution < 1.29 is 5.11 Å². The molecule has 2 N–H and O–H groups in total. The van der Waals surface area contributed by atoms with Crippen molar-refractivity contribution in [3.8, 4) is 17.0 Å². The van der Waals surface area contributed by atoms with Gasteiger partial charge in [0.05, 0.1) is 5.69 Å². The van der Waals surface area contributed by atoms with Crippen LogP contribution < -0.4 is 5.32 Å². The third kappa shape index (κ3) is 5.90. The molecule has 162 valence electrons. The molecule has 1 unspecified atom stereocenters. The Balaban J connectivity index is 1.40. The number of hydrogen-bond acceptors (Lipinski definition) is 5. The van der Waals surface area contributed by atoms with Gasteiger partial charge in [0, 0.05) is 37.3 Å².